The molecule has 0 N–H and O–H groups in total. The Hall–Kier alpha value is -3.05. The van der Waals surface area contributed by atoms with E-state index < -0.39 is 0 Å². The molecule has 0 amide bonds. The van der Waals surface area contributed by atoms with Gasteiger partial charge in [-0.05, 0) is 41.8 Å². The molecule has 0 aliphatic carbocycles. The number of benzene rings is 3. The van der Waals surface area contributed by atoms with Crippen LogP contribution >= 0.6 is 0 Å². The van der Waals surface area contributed by atoms with Crippen molar-refractivity contribution in [3.8, 4) is 0 Å². The number of fused-ring (bicyclic) bond motifs is 2. The van der Waals surface area contributed by atoms with Crippen LogP contribution in [-0.4, -0.2) is 27.2 Å². The second-order valence-electron chi connectivity index (χ2n) is 7.70. The highest BCUT2D eigenvalue weighted by Crippen LogP contribution is 2.55. The summed E-state index contributed by atoms with van der Waals surface area (Å²) >= 11 is 0. The van der Waals surface area contributed by atoms with E-state index in [2.05, 4.69) is 55.1 Å². The van der Waals surface area contributed by atoms with E-state index >= 15 is 0 Å². The largest absolute Gasteiger partial charge is 0.269 e. The van der Waals surface area contributed by atoms with Gasteiger partial charge in [0.25, 0.3) is 5.69 Å². The molecule has 0 spiro atoms. The van der Waals surface area contributed by atoms with Gasteiger partial charge in [-0.2, -0.15) is 0 Å². The molecule has 3 unspecified atom stereocenters. The summed E-state index contributed by atoms with van der Waals surface area (Å²) in [6.07, 6.45) is 0. The van der Waals surface area contributed by atoms with E-state index in [4.69, 9.17) is 4.99 Å². The fourth-order valence-electron chi connectivity index (χ4n) is 4.33. The molecule has 0 saturated carbocycles. The van der Waals surface area contributed by atoms with Crippen LogP contribution in [0.5, 0.6) is 0 Å². The van der Waals surface area contributed by atoms with Gasteiger partial charge >= 0.3 is 0 Å². The van der Waals surface area contributed by atoms with Crippen molar-refractivity contribution in [2.24, 2.45) is 4.99 Å². The fourth-order valence-corrected chi connectivity index (χ4v) is 4.33. The number of aliphatic imine (C=N–C) groups is 1. The molecule has 5 heteroatoms. The Labute approximate surface area is 157 Å². The van der Waals surface area contributed by atoms with Gasteiger partial charge in [-0.3, -0.25) is 20.0 Å². The minimum Gasteiger partial charge on any atom is -0.266 e. The third kappa shape index (κ3) is 2.46. The minimum atomic E-state index is -0.357. The zero-order valence-electron chi connectivity index (χ0n) is 15.2. The smallest absolute Gasteiger partial charge is 0.266 e. The van der Waals surface area contributed by atoms with Gasteiger partial charge in [0.1, 0.15) is 5.66 Å². The molecular formula is C22H19N3O2. The quantitative estimate of drug-likeness (QED) is 0.387. The van der Waals surface area contributed by atoms with Crippen LogP contribution in [0, 0.1) is 10.1 Å². The lowest BCUT2D eigenvalue weighted by atomic mass is 9.98. The molecule has 2 aliphatic rings. The van der Waals surface area contributed by atoms with Crippen molar-refractivity contribution < 1.29 is 4.92 Å². The van der Waals surface area contributed by atoms with Gasteiger partial charge in [-0.15, -0.1) is 0 Å². The summed E-state index contributed by atoms with van der Waals surface area (Å²) in [5.74, 6) is 0. The highest BCUT2D eigenvalue weighted by atomic mass is 16.6. The number of hydrogen-bond acceptors (Lipinski definition) is 4. The number of nitro benzene ring substituents is 1. The first-order valence-electron chi connectivity index (χ1n) is 9.07. The molecule has 0 aromatic heterocycles. The Morgan fingerprint density at radius 2 is 1.67 bits per heavy atom. The van der Waals surface area contributed by atoms with Crippen molar-refractivity contribution in [2.45, 2.75) is 31.6 Å². The summed E-state index contributed by atoms with van der Waals surface area (Å²) in [5, 5.41) is 13.3. The highest BCUT2D eigenvalue weighted by molar-refractivity contribution is 6.10. The maximum atomic E-state index is 10.9. The standard InChI is InChI=1S/C22H19N3O2/c1-22(2)23-19(17-8-7-14-5-3-4-6-16(14)13-17)21-20(24(21)22)15-9-11-18(12-10-15)25(26)27/h3-13,20-21H,1-2H3. The average molecular weight is 357 g/mol. The first-order chi connectivity index (χ1) is 13.0. The molecule has 0 bridgehead atoms. The summed E-state index contributed by atoms with van der Waals surface area (Å²) in [6, 6.07) is 22.2. The highest BCUT2D eigenvalue weighted by Gasteiger charge is 2.62. The molecule has 5 rings (SSSR count). The second-order valence-corrected chi connectivity index (χ2v) is 7.70. The summed E-state index contributed by atoms with van der Waals surface area (Å²) in [5.41, 5.74) is 3.21. The number of nitrogens with zero attached hydrogens (tertiary/aromatic N) is 3. The number of hydrogen-bond donors (Lipinski definition) is 0. The number of rotatable bonds is 3. The lowest BCUT2D eigenvalue weighted by Crippen LogP contribution is -2.25. The second kappa shape index (κ2) is 5.47. The van der Waals surface area contributed by atoms with Gasteiger partial charge in [-0.1, -0.05) is 48.5 Å². The van der Waals surface area contributed by atoms with Crippen molar-refractivity contribution in [1.82, 2.24) is 4.90 Å². The number of nitro groups is 1. The molecule has 134 valence electrons. The summed E-state index contributed by atoms with van der Waals surface area (Å²) in [7, 11) is 0. The Morgan fingerprint density at radius 1 is 0.963 bits per heavy atom. The van der Waals surface area contributed by atoms with Crippen molar-refractivity contribution in [3.05, 3.63) is 88.0 Å². The van der Waals surface area contributed by atoms with Crippen molar-refractivity contribution in [2.75, 3.05) is 0 Å². The Balaban J connectivity index is 1.51. The van der Waals surface area contributed by atoms with Crippen LogP contribution in [0.3, 0.4) is 0 Å². The SMILES string of the molecule is CC1(C)N=C(c2ccc3ccccc3c2)C2C(c3ccc([N+](=O)[O-])cc3)N21. The lowest BCUT2D eigenvalue weighted by molar-refractivity contribution is -0.384. The van der Waals surface area contributed by atoms with Crippen LogP contribution in [0.15, 0.2) is 71.7 Å². The van der Waals surface area contributed by atoms with Gasteiger partial charge in [0, 0.05) is 12.1 Å². The van der Waals surface area contributed by atoms with Crippen molar-refractivity contribution >= 4 is 22.2 Å². The van der Waals surface area contributed by atoms with Gasteiger partial charge in [0.15, 0.2) is 0 Å². The van der Waals surface area contributed by atoms with Crippen LogP contribution in [0.25, 0.3) is 10.8 Å². The third-order valence-electron chi connectivity index (χ3n) is 5.61. The average Bonchev–Trinajstić information content (AvgIpc) is 3.36. The Morgan fingerprint density at radius 3 is 2.37 bits per heavy atom. The maximum absolute atomic E-state index is 10.9. The van der Waals surface area contributed by atoms with Crippen molar-refractivity contribution in [1.29, 1.82) is 0 Å². The topological polar surface area (TPSA) is 58.5 Å². The van der Waals surface area contributed by atoms with E-state index in [1.165, 1.54) is 10.8 Å². The fraction of sp³-hybridized carbons (Fsp3) is 0.227. The van der Waals surface area contributed by atoms with Gasteiger partial charge in [0.05, 0.1) is 22.7 Å². The zero-order valence-corrected chi connectivity index (χ0v) is 15.2. The predicted octanol–water partition coefficient (Wildman–Crippen LogP) is 4.71. The molecule has 1 saturated heterocycles. The van der Waals surface area contributed by atoms with E-state index in [0.717, 1.165) is 16.8 Å². The summed E-state index contributed by atoms with van der Waals surface area (Å²) in [4.78, 5) is 17.9. The van der Waals surface area contributed by atoms with E-state index in [1.54, 1.807) is 12.1 Å². The molecular weight excluding hydrogens is 338 g/mol. The van der Waals surface area contributed by atoms with Crippen LogP contribution in [0.1, 0.15) is 31.0 Å². The lowest BCUT2D eigenvalue weighted by Gasteiger charge is -2.20. The van der Waals surface area contributed by atoms with Crippen LogP contribution < -0.4 is 0 Å². The first-order valence-corrected chi connectivity index (χ1v) is 9.07. The molecule has 2 heterocycles. The van der Waals surface area contributed by atoms with E-state index in [1.807, 2.05) is 18.2 Å². The normalized spacial score (nSPS) is 25.1. The molecule has 2 aliphatic heterocycles. The molecule has 3 aromatic carbocycles. The summed E-state index contributed by atoms with van der Waals surface area (Å²) < 4.78 is 0. The Bertz CT molecular complexity index is 1100. The van der Waals surface area contributed by atoms with E-state index in [0.29, 0.717) is 0 Å². The molecule has 5 nitrogen and oxygen atoms in total. The van der Waals surface area contributed by atoms with Crippen LogP contribution in [-0.2, 0) is 0 Å². The Kier molecular flexibility index (Phi) is 3.27. The summed E-state index contributed by atoms with van der Waals surface area (Å²) in [6.45, 7) is 4.25. The molecule has 3 aromatic rings. The first kappa shape index (κ1) is 16.1. The maximum Gasteiger partial charge on any atom is 0.269 e. The minimum absolute atomic E-state index is 0.127. The molecule has 3 atom stereocenters. The molecule has 1 fully saturated rings. The van der Waals surface area contributed by atoms with Crippen molar-refractivity contribution in [3.63, 3.8) is 0 Å². The monoisotopic (exact) mass is 357 g/mol. The van der Waals surface area contributed by atoms with Gasteiger partial charge < -0.3 is 0 Å². The van der Waals surface area contributed by atoms with E-state index in [9.17, 15) is 10.1 Å². The van der Waals surface area contributed by atoms with Gasteiger partial charge in [0.2, 0.25) is 0 Å². The van der Waals surface area contributed by atoms with Crippen LogP contribution in [0.2, 0.25) is 0 Å². The third-order valence-corrected chi connectivity index (χ3v) is 5.61. The number of non-ortho nitro benzene ring substituents is 1. The van der Waals surface area contributed by atoms with Gasteiger partial charge in [-0.25, -0.2) is 0 Å². The molecule has 27 heavy (non-hydrogen) atoms. The molecule has 0 radical (unpaired) electrons. The van der Waals surface area contributed by atoms with Crippen LogP contribution in [0.4, 0.5) is 5.69 Å². The van der Waals surface area contributed by atoms with E-state index in [-0.39, 0.29) is 28.4 Å². The zero-order chi connectivity index (χ0) is 18.8. The predicted molar refractivity (Wildman–Crippen MR) is 106 cm³/mol.